The summed E-state index contributed by atoms with van der Waals surface area (Å²) in [6.07, 6.45) is -3.96. The number of imide groups is 1. The van der Waals surface area contributed by atoms with Gasteiger partial charge in [0.1, 0.15) is 17.2 Å². The highest BCUT2D eigenvalue weighted by molar-refractivity contribution is 8.00. The molecule has 2 rings (SSSR count). The third-order valence-electron chi connectivity index (χ3n) is 3.19. The zero-order chi connectivity index (χ0) is 21.9. The van der Waals surface area contributed by atoms with Gasteiger partial charge in [0.2, 0.25) is 0 Å². The highest BCUT2D eigenvalue weighted by Gasteiger charge is 2.42. The summed E-state index contributed by atoms with van der Waals surface area (Å²) < 4.78 is 78.0. The van der Waals surface area contributed by atoms with E-state index in [1.807, 2.05) is 5.32 Å². The van der Waals surface area contributed by atoms with Crippen LogP contribution in [0.2, 0.25) is 10.0 Å². The van der Waals surface area contributed by atoms with Gasteiger partial charge in [-0.15, -0.1) is 0 Å². The second-order valence-corrected chi connectivity index (χ2v) is 7.23. The maximum Gasteiger partial charge on any atom is 0.357 e. The van der Waals surface area contributed by atoms with Crippen molar-refractivity contribution in [3.63, 3.8) is 0 Å². The summed E-state index contributed by atoms with van der Waals surface area (Å²) in [5.41, 5.74) is -1.28. The van der Waals surface area contributed by atoms with E-state index in [4.69, 9.17) is 23.2 Å². The summed E-state index contributed by atoms with van der Waals surface area (Å²) in [5.74, 6) is -3.82. The Kier molecular flexibility index (Phi) is 7.30. The molecule has 0 saturated heterocycles. The van der Waals surface area contributed by atoms with Gasteiger partial charge >= 0.3 is 17.7 Å². The Morgan fingerprint density at radius 2 is 1.62 bits per heavy atom. The Morgan fingerprint density at radius 1 is 1.03 bits per heavy atom. The largest absolute Gasteiger partial charge is 0.357 e. The lowest BCUT2D eigenvalue weighted by Crippen LogP contribution is -2.35. The molecule has 0 aromatic heterocycles. The van der Waals surface area contributed by atoms with Gasteiger partial charge in [0, 0.05) is 4.90 Å². The van der Waals surface area contributed by atoms with Crippen molar-refractivity contribution >= 4 is 52.6 Å². The highest BCUT2D eigenvalue weighted by atomic mass is 35.5. The van der Waals surface area contributed by atoms with Gasteiger partial charge in [0.05, 0.1) is 15.7 Å². The lowest BCUT2D eigenvalue weighted by Gasteiger charge is -2.16. The maximum absolute atomic E-state index is 13.5. The van der Waals surface area contributed by atoms with Crippen molar-refractivity contribution in [1.29, 1.82) is 0 Å². The molecule has 13 heteroatoms. The predicted molar refractivity (Wildman–Crippen MR) is 96.1 cm³/mol. The molecule has 0 heterocycles. The van der Waals surface area contributed by atoms with E-state index in [1.165, 1.54) is 0 Å². The second kappa shape index (κ2) is 9.14. The lowest BCUT2D eigenvalue weighted by molar-refractivity contribution is -0.0563. The van der Waals surface area contributed by atoms with Gasteiger partial charge < -0.3 is 5.32 Å². The second-order valence-electron chi connectivity index (χ2n) is 5.23. The number of nitrogens with one attached hydrogen (secondary N) is 2. The van der Waals surface area contributed by atoms with Gasteiger partial charge in [-0.1, -0.05) is 29.3 Å². The van der Waals surface area contributed by atoms with Crippen LogP contribution in [-0.4, -0.2) is 23.6 Å². The van der Waals surface area contributed by atoms with E-state index in [0.717, 1.165) is 30.3 Å². The summed E-state index contributed by atoms with van der Waals surface area (Å²) in [5, 5.41) is -1.58. The van der Waals surface area contributed by atoms with Gasteiger partial charge in [-0.05, 0) is 36.0 Å². The monoisotopic (exact) mass is 476 g/mol. The van der Waals surface area contributed by atoms with Gasteiger partial charge in [0.25, 0.3) is 5.91 Å². The van der Waals surface area contributed by atoms with Crippen molar-refractivity contribution in [2.75, 3.05) is 5.32 Å². The van der Waals surface area contributed by atoms with Crippen molar-refractivity contribution in [2.24, 2.45) is 0 Å². The maximum atomic E-state index is 13.5. The van der Waals surface area contributed by atoms with Gasteiger partial charge in [0.15, 0.2) is 0 Å². The van der Waals surface area contributed by atoms with Gasteiger partial charge in [-0.25, -0.2) is 22.4 Å². The van der Waals surface area contributed by atoms with Crippen molar-refractivity contribution in [3.8, 4) is 0 Å². The first kappa shape index (κ1) is 23.2. The average molecular weight is 477 g/mol. The number of benzene rings is 2. The SMILES string of the molecule is O=C(NC(=O)c1c(F)cccc1F)Nc1cc(Cl)c(SC(F)(F)C(F)F)cc1Cl. The molecule has 0 aliphatic heterocycles. The Labute approximate surface area is 173 Å². The van der Waals surface area contributed by atoms with Gasteiger partial charge in [-0.3, -0.25) is 10.1 Å². The normalized spacial score (nSPS) is 11.5. The van der Waals surface area contributed by atoms with E-state index < -0.39 is 62.5 Å². The molecule has 29 heavy (non-hydrogen) atoms. The molecule has 0 bridgehead atoms. The first-order valence-corrected chi connectivity index (χ1v) is 8.90. The molecule has 0 aliphatic carbocycles. The number of carbonyl (C=O) groups excluding carboxylic acids is 2. The molecule has 0 aliphatic rings. The first-order valence-electron chi connectivity index (χ1n) is 7.32. The number of hydrogen-bond acceptors (Lipinski definition) is 3. The fourth-order valence-electron chi connectivity index (χ4n) is 1.93. The molecule has 0 radical (unpaired) electrons. The summed E-state index contributed by atoms with van der Waals surface area (Å²) in [7, 11) is 0. The van der Waals surface area contributed by atoms with E-state index in [1.54, 1.807) is 5.32 Å². The van der Waals surface area contributed by atoms with Crippen molar-refractivity contribution in [2.45, 2.75) is 16.6 Å². The molecule has 0 unspecified atom stereocenters. The molecule has 0 fully saturated rings. The number of urea groups is 1. The molecular weight excluding hydrogens is 469 g/mol. The van der Waals surface area contributed by atoms with E-state index in [9.17, 15) is 35.9 Å². The standard InChI is InChI=1S/C16H8Cl2F6N2O2S/c17-6-5-11(29-16(23,24)14(21)22)7(18)4-10(6)25-15(28)26-13(27)12-8(19)2-1-3-9(12)20/h1-5,14H,(H2,25,26,27,28). The Morgan fingerprint density at radius 3 is 2.17 bits per heavy atom. The van der Waals surface area contributed by atoms with Crippen LogP contribution >= 0.6 is 35.0 Å². The fraction of sp³-hybridized carbons (Fsp3) is 0.125. The summed E-state index contributed by atoms with van der Waals surface area (Å²) >= 11 is 11.0. The van der Waals surface area contributed by atoms with Crippen LogP contribution in [0, 0.1) is 11.6 Å². The van der Waals surface area contributed by atoms with E-state index >= 15 is 0 Å². The minimum Gasteiger partial charge on any atom is -0.306 e. The number of anilines is 1. The van der Waals surface area contributed by atoms with E-state index in [0.29, 0.717) is 0 Å². The molecule has 2 aromatic carbocycles. The smallest absolute Gasteiger partial charge is 0.306 e. The molecule has 2 N–H and O–H groups in total. The third kappa shape index (κ3) is 5.71. The predicted octanol–water partition coefficient (Wildman–Crippen LogP) is 6.18. The molecule has 0 atom stereocenters. The van der Waals surface area contributed by atoms with Crippen LogP contribution in [-0.2, 0) is 0 Å². The molecular formula is C16H8Cl2F6N2O2S. The highest BCUT2D eigenvalue weighted by Crippen LogP contribution is 2.45. The molecule has 4 nitrogen and oxygen atoms in total. The molecule has 2 aromatic rings. The molecule has 3 amide bonds. The molecule has 156 valence electrons. The minimum atomic E-state index is -4.43. The first-order chi connectivity index (χ1) is 13.4. The van der Waals surface area contributed by atoms with E-state index in [-0.39, 0.29) is 10.7 Å². The van der Waals surface area contributed by atoms with Crippen LogP contribution in [0.3, 0.4) is 0 Å². The summed E-state index contributed by atoms with van der Waals surface area (Å²) in [6.45, 7) is 0. The van der Waals surface area contributed by atoms with Crippen LogP contribution in [0.4, 0.5) is 36.8 Å². The van der Waals surface area contributed by atoms with Crippen LogP contribution in [0.15, 0.2) is 35.2 Å². The zero-order valence-corrected chi connectivity index (χ0v) is 16.0. The molecule has 0 saturated carbocycles. The fourth-order valence-corrected chi connectivity index (χ4v) is 3.20. The summed E-state index contributed by atoms with van der Waals surface area (Å²) in [4.78, 5) is 23.2. The Balaban J connectivity index is 2.15. The van der Waals surface area contributed by atoms with Crippen LogP contribution in [0.25, 0.3) is 0 Å². The number of carbonyl (C=O) groups is 2. The van der Waals surface area contributed by atoms with Crippen LogP contribution in [0.1, 0.15) is 10.4 Å². The Hall–Kier alpha value is -2.11. The topological polar surface area (TPSA) is 58.2 Å². The van der Waals surface area contributed by atoms with Gasteiger partial charge in [-0.2, -0.15) is 8.78 Å². The van der Waals surface area contributed by atoms with Crippen molar-refractivity contribution in [1.82, 2.24) is 5.32 Å². The average Bonchev–Trinajstić information content (AvgIpc) is 2.58. The van der Waals surface area contributed by atoms with Crippen LogP contribution in [0.5, 0.6) is 0 Å². The number of halogens is 8. The third-order valence-corrected chi connectivity index (χ3v) is 4.93. The van der Waals surface area contributed by atoms with Crippen LogP contribution < -0.4 is 10.6 Å². The number of thioether (sulfide) groups is 1. The minimum absolute atomic E-state index is 0.277. The van der Waals surface area contributed by atoms with Crippen molar-refractivity contribution in [3.05, 3.63) is 57.6 Å². The number of amides is 3. The quantitative estimate of drug-likeness (QED) is 0.399. The Bertz CT molecular complexity index is 941. The van der Waals surface area contributed by atoms with Crippen molar-refractivity contribution < 1.29 is 35.9 Å². The number of rotatable bonds is 5. The number of alkyl halides is 4. The summed E-state index contributed by atoms with van der Waals surface area (Å²) in [6, 6.07) is 3.03. The lowest BCUT2D eigenvalue weighted by atomic mass is 10.2. The molecule has 0 spiro atoms. The zero-order valence-electron chi connectivity index (χ0n) is 13.7. The number of hydrogen-bond donors (Lipinski definition) is 2. The van der Waals surface area contributed by atoms with E-state index in [2.05, 4.69) is 0 Å².